The van der Waals surface area contributed by atoms with Crippen molar-refractivity contribution in [2.45, 2.75) is 6.42 Å². The number of hydrogen-bond donors (Lipinski definition) is 3. The molecule has 1 aromatic heterocycles. The third kappa shape index (κ3) is 5.21. The lowest BCUT2D eigenvalue weighted by molar-refractivity contribution is 0.0730. The van der Waals surface area contributed by atoms with Crippen molar-refractivity contribution in [2.24, 2.45) is 4.99 Å². The molecule has 8 nitrogen and oxygen atoms in total. The van der Waals surface area contributed by atoms with Gasteiger partial charge in [-0.05, 0) is 30.2 Å². The fourth-order valence-corrected chi connectivity index (χ4v) is 4.47. The first-order valence-corrected chi connectivity index (χ1v) is 10.9. The summed E-state index contributed by atoms with van der Waals surface area (Å²) in [6, 6.07) is 4.67. The van der Waals surface area contributed by atoms with E-state index in [-0.39, 0.29) is 18.1 Å². The molecule has 1 aromatic carbocycles. The van der Waals surface area contributed by atoms with Crippen LogP contribution in [0, 0.1) is 5.82 Å². The molecule has 1 aliphatic heterocycles. The molecule has 1 aliphatic rings. The maximum atomic E-state index is 13.5. The highest BCUT2D eigenvalue weighted by Crippen LogP contribution is 2.19. The van der Waals surface area contributed by atoms with E-state index in [1.165, 1.54) is 16.4 Å². The smallest absolute Gasteiger partial charge is 0.215 e. The summed E-state index contributed by atoms with van der Waals surface area (Å²) in [5.41, 5.74) is 1.90. The van der Waals surface area contributed by atoms with Crippen molar-refractivity contribution in [2.75, 3.05) is 52.2 Å². The van der Waals surface area contributed by atoms with Crippen molar-refractivity contribution >= 4 is 26.9 Å². The fourth-order valence-electron chi connectivity index (χ4n) is 3.15. The van der Waals surface area contributed by atoms with Crippen molar-refractivity contribution in [1.82, 2.24) is 19.9 Å². The molecule has 28 heavy (non-hydrogen) atoms. The van der Waals surface area contributed by atoms with Crippen LogP contribution in [0.1, 0.15) is 5.56 Å². The molecule has 154 valence electrons. The molecular weight excluding hydrogens is 385 g/mol. The van der Waals surface area contributed by atoms with Gasteiger partial charge in [-0.2, -0.15) is 4.31 Å². The molecule has 3 rings (SSSR count). The van der Waals surface area contributed by atoms with E-state index in [9.17, 15) is 12.8 Å². The van der Waals surface area contributed by atoms with Crippen LogP contribution in [0.4, 0.5) is 4.39 Å². The van der Waals surface area contributed by atoms with E-state index in [2.05, 4.69) is 20.6 Å². The topological polar surface area (TPSA) is 98.8 Å². The first kappa shape index (κ1) is 20.6. The lowest BCUT2D eigenvalue weighted by Crippen LogP contribution is -2.45. The summed E-state index contributed by atoms with van der Waals surface area (Å²) < 4.78 is 44.7. The maximum Gasteiger partial charge on any atom is 0.215 e. The van der Waals surface area contributed by atoms with Gasteiger partial charge in [-0.15, -0.1) is 0 Å². The largest absolute Gasteiger partial charge is 0.379 e. The van der Waals surface area contributed by atoms with Gasteiger partial charge in [0.25, 0.3) is 0 Å². The highest BCUT2D eigenvalue weighted by molar-refractivity contribution is 7.89. The minimum absolute atomic E-state index is 0.00454. The lowest BCUT2D eigenvalue weighted by Gasteiger charge is -2.26. The van der Waals surface area contributed by atoms with Gasteiger partial charge in [0, 0.05) is 50.3 Å². The van der Waals surface area contributed by atoms with Crippen molar-refractivity contribution in [1.29, 1.82) is 0 Å². The second-order valence-electron chi connectivity index (χ2n) is 6.51. The molecule has 0 unspecified atom stereocenters. The Morgan fingerprint density at radius 2 is 2.04 bits per heavy atom. The van der Waals surface area contributed by atoms with Crippen molar-refractivity contribution in [3.8, 4) is 0 Å². The van der Waals surface area contributed by atoms with Crippen LogP contribution in [0.3, 0.4) is 0 Å². The van der Waals surface area contributed by atoms with E-state index < -0.39 is 10.0 Å². The molecule has 2 heterocycles. The molecule has 0 radical (unpaired) electrons. The number of morpholine rings is 1. The van der Waals surface area contributed by atoms with Gasteiger partial charge in [0.2, 0.25) is 10.0 Å². The maximum absolute atomic E-state index is 13.5. The second-order valence-corrected chi connectivity index (χ2v) is 8.60. The number of ether oxygens (including phenoxy) is 1. The first-order chi connectivity index (χ1) is 13.5. The van der Waals surface area contributed by atoms with E-state index in [4.69, 9.17) is 4.74 Å². The van der Waals surface area contributed by atoms with Crippen LogP contribution in [0.2, 0.25) is 0 Å². The number of hydrogen-bond acceptors (Lipinski definition) is 4. The number of halogens is 1. The normalized spacial score (nSPS) is 16.4. The number of nitrogens with one attached hydrogen (secondary N) is 3. The third-order valence-electron chi connectivity index (χ3n) is 4.66. The predicted octanol–water partition coefficient (Wildman–Crippen LogP) is 0.677. The number of fused-ring (bicyclic) bond motifs is 1. The Balaban J connectivity index is 1.45. The first-order valence-electron chi connectivity index (χ1n) is 9.25. The molecule has 1 saturated heterocycles. The van der Waals surface area contributed by atoms with Gasteiger partial charge in [-0.1, -0.05) is 0 Å². The van der Waals surface area contributed by atoms with Gasteiger partial charge < -0.3 is 20.4 Å². The summed E-state index contributed by atoms with van der Waals surface area (Å²) in [5, 5.41) is 7.04. The van der Waals surface area contributed by atoms with Gasteiger partial charge in [-0.3, -0.25) is 4.99 Å². The number of aliphatic imine (C=N–C) groups is 1. The summed E-state index contributed by atoms with van der Waals surface area (Å²) in [6.45, 7) is 2.53. The molecule has 10 heteroatoms. The summed E-state index contributed by atoms with van der Waals surface area (Å²) >= 11 is 0. The third-order valence-corrected chi connectivity index (χ3v) is 6.53. The van der Waals surface area contributed by atoms with Crippen molar-refractivity contribution in [3.05, 3.63) is 35.8 Å². The van der Waals surface area contributed by atoms with E-state index in [1.54, 1.807) is 13.1 Å². The molecule has 3 N–H and O–H groups in total. The predicted molar refractivity (Wildman–Crippen MR) is 108 cm³/mol. The molecule has 0 atom stereocenters. The summed E-state index contributed by atoms with van der Waals surface area (Å²) in [6.07, 6.45) is 2.55. The van der Waals surface area contributed by atoms with Crippen LogP contribution < -0.4 is 10.6 Å². The van der Waals surface area contributed by atoms with Crippen LogP contribution in [0.15, 0.2) is 29.4 Å². The highest BCUT2D eigenvalue weighted by Gasteiger charge is 2.23. The Bertz CT molecular complexity index is 922. The average Bonchev–Trinajstić information content (AvgIpc) is 3.09. The van der Waals surface area contributed by atoms with Crippen molar-refractivity contribution in [3.63, 3.8) is 0 Å². The van der Waals surface area contributed by atoms with Crippen LogP contribution in [0.5, 0.6) is 0 Å². The number of sulfonamides is 1. The van der Waals surface area contributed by atoms with E-state index in [0.717, 1.165) is 16.5 Å². The highest BCUT2D eigenvalue weighted by atomic mass is 32.2. The van der Waals surface area contributed by atoms with Crippen LogP contribution in [-0.2, 0) is 21.2 Å². The summed E-state index contributed by atoms with van der Waals surface area (Å²) in [4.78, 5) is 7.24. The van der Waals surface area contributed by atoms with Crippen LogP contribution >= 0.6 is 0 Å². The molecule has 0 aliphatic carbocycles. The van der Waals surface area contributed by atoms with Crippen LogP contribution in [-0.4, -0.2) is 75.9 Å². The van der Waals surface area contributed by atoms with E-state index >= 15 is 0 Å². The monoisotopic (exact) mass is 411 g/mol. The second kappa shape index (κ2) is 9.35. The molecule has 0 saturated carbocycles. The Hall–Kier alpha value is -2.17. The Morgan fingerprint density at radius 3 is 2.79 bits per heavy atom. The minimum atomic E-state index is -3.30. The summed E-state index contributed by atoms with van der Waals surface area (Å²) in [5.74, 6) is 0.263. The molecule has 1 fully saturated rings. The average molecular weight is 412 g/mol. The Labute approximate surface area is 164 Å². The molecule has 2 aromatic rings. The Morgan fingerprint density at radius 1 is 1.29 bits per heavy atom. The van der Waals surface area contributed by atoms with Crippen LogP contribution in [0.25, 0.3) is 10.9 Å². The Kier molecular flexibility index (Phi) is 6.87. The number of rotatable bonds is 7. The lowest BCUT2D eigenvalue weighted by atomic mass is 10.1. The molecule has 0 amide bonds. The standard InChI is InChI=1S/C18H26FN5O3S/c1-20-18(22-6-11-28(25,26)24-7-9-27-10-8-24)21-5-4-14-13-23-17-3-2-15(19)12-16(14)17/h2-3,12-13,23H,4-11H2,1H3,(H2,20,21,22). The number of nitrogens with zero attached hydrogens (tertiary/aromatic N) is 2. The summed E-state index contributed by atoms with van der Waals surface area (Å²) in [7, 11) is -1.67. The fraction of sp³-hybridized carbons (Fsp3) is 0.500. The zero-order valence-corrected chi connectivity index (χ0v) is 16.7. The zero-order valence-electron chi connectivity index (χ0n) is 15.9. The number of aromatic nitrogens is 1. The zero-order chi connectivity index (χ0) is 20.0. The van der Waals surface area contributed by atoms with E-state index in [0.29, 0.717) is 45.2 Å². The number of benzene rings is 1. The number of H-pyrrole nitrogens is 1. The van der Waals surface area contributed by atoms with Gasteiger partial charge in [-0.25, -0.2) is 12.8 Å². The van der Waals surface area contributed by atoms with Gasteiger partial charge in [0.05, 0.1) is 19.0 Å². The van der Waals surface area contributed by atoms with Gasteiger partial charge >= 0.3 is 0 Å². The molecular formula is C18H26FN5O3S. The number of guanidine groups is 1. The SMILES string of the molecule is CN=C(NCCc1c[nH]c2ccc(F)cc12)NCCS(=O)(=O)N1CCOCC1. The molecule has 0 spiro atoms. The van der Waals surface area contributed by atoms with Crippen molar-refractivity contribution < 1.29 is 17.5 Å². The van der Waals surface area contributed by atoms with Gasteiger partial charge in [0.15, 0.2) is 5.96 Å². The molecule has 0 bridgehead atoms. The van der Waals surface area contributed by atoms with Gasteiger partial charge in [0.1, 0.15) is 5.82 Å². The quantitative estimate of drug-likeness (QED) is 0.460. The number of aromatic amines is 1. The van der Waals surface area contributed by atoms with E-state index in [1.807, 2.05) is 6.20 Å². The minimum Gasteiger partial charge on any atom is -0.379 e.